The predicted molar refractivity (Wildman–Crippen MR) is 72.0 cm³/mol. The molecule has 3 heteroatoms. The highest BCUT2D eigenvalue weighted by Gasteiger charge is 2.09. The van der Waals surface area contributed by atoms with Gasteiger partial charge in [-0.25, -0.2) is 4.39 Å². The van der Waals surface area contributed by atoms with Crippen LogP contribution in [0.3, 0.4) is 0 Å². The van der Waals surface area contributed by atoms with Crippen LogP contribution in [0.5, 0.6) is 5.75 Å². The molecule has 2 aromatic rings. The average Bonchev–Trinajstić information content (AvgIpc) is 2.41. The predicted octanol–water partition coefficient (Wildman–Crippen LogP) is 3.83. The van der Waals surface area contributed by atoms with E-state index < -0.39 is 5.82 Å². The van der Waals surface area contributed by atoms with Gasteiger partial charge in [0.15, 0.2) is 17.9 Å². The highest BCUT2D eigenvalue weighted by molar-refractivity contribution is 5.79. The second-order valence-electron chi connectivity index (χ2n) is 4.48. The molecule has 0 aliphatic carbocycles. The van der Waals surface area contributed by atoms with Crippen LogP contribution in [0, 0.1) is 19.7 Å². The number of hydrogen-bond donors (Lipinski definition) is 0. The molecule has 0 bridgehead atoms. The number of ether oxygens (including phenoxy) is 1. The molecule has 98 valence electrons. The minimum atomic E-state index is -0.520. The Morgan fingerprint density at radius 3 is 2.63 bits per heavy atom. The van der Waals surface area contributed by atoms with Crippen molar-refractivity contribution in [2.75, 3.05) is 0 Å². The van der Waals surface area contributed by atoms with Gasteiger partial charge < -0.3 is 4.74 Å². The number of aryl methyl sites for hydroxylation is 2. The maximum absolute atomic E-state index is 13.6. The maximum atomic E-state index is 13.6. The summed E-state index contributed by atoms with van der Waals surface area (Å²) in [5.41, 5.74) is 3.53. The van der Waals surface area contributed by atoms with Crippen LogP contribution < -0.4 is 4.74 Å². The van der Waals surface area contributed by atoms with Crippen molar-refractivity contribution in [3.8, 4) is 5.75 Å². The molecule has 0 atom stereocenters. The van der Waals surface area contributed by atoms with Gasteiger partial charge in [-0.2, -0.15) is 0 Å². The van der Waals surface area contributed by atoms with E-state index in [2.05, 4.69) is 0 Å². The highest BCUT2D eigenvalue weighted by atomic mass is 19.1. The lowest BCUT2D eigenvalue weighted by atomic mass is 10.1. The van der Waals surface area contributed by atoms with E-state index in [4.69, 9.17) is 4.74 Å². The molecule has 0 N–H and O–H groups in total. The van der Waals surface area contributed by atoms with E-state index in [0.717, 1.165) is 11.1 Å². The quantitative estimate of drug-likeness (QED) is 0.779. The summed E-state index contributed by atoms with van der Waals surface area (Å²) < 4.78 is 19.0. The van der Waals surface area contributed by atoms with E-state index in [1.807, 2.05) is 32.0 Å². The van der Waals surface area contributed by atoms with Gasteiger partial charge in [-0.15, -0.1) is 0 Å². The lowest BCUT2D eigenvalue weighted by Gasteiger charge is -2.10. The first-order chi connectivity index (χ1) is 9.11. The monoisotopic (exact) mass is 258 g/mol. The molecule has 0 fully saturated rings. The largest absolute Gasteiger partial charge is 0.485 e. The first kappa shape index (κ1) is 13.3. The summed E-state index contributed by atoms with van der Waals surface area (Å²) in [6, 6.07) is 10.2. The lowest BCUT2D eigenvalue weighted by Crippen LogP contribution is -2.01. The Morgan fingerprint density at radius 1 is 1.16 bits per heavy atom. The van der Waals surface area contributed by atoms with Crippen molar-refractivity contribution in [2.45, 2.75) is 20.5 Å². The molecule has 2 aromatic carbocycles. The van der Waals surface area contributed by atoms with E-state index in [-0.39, 0.29) is 17.9 Å². The number of carbonyl (C=O) groups is 1. The van der Waals surface area contributed by atoms with Crippen LogP contribution in [0.1, 0.15) is 27.0 Å². The van der Waals surface area contributed by atoms with E-state index in [1.54, 1.807) is 0 Å². The fourth-order valence-electron chi connectivity index (χ4n) is 1.82. The van der Waals surface area contributed by atoms with Crippen LogP contribution >= 0.6 is 0 Å². The van der Waals surface area contributed by atoms with Gasteiger partial charge in [0.2, 0.25) is 0 Å². The Labute approximate surface area is 111 Å². The number of rotatable bonds is 4. The summed E-state index contributed by atoms with van der Waals surface area (Å²) in [6.45, 7) is 4.28. The lowest BCUT2D eigenvalue weighted by molar-refractivity contribution is 0.111. The summed E-state index contributed by atoms with van der Waals surface area (Å²) in [5.74, 6) is -0.510. The Morgan fingerprint density at radius 2 is 1.95 bits per heavy atom. The minimum absolute atomic E-state index is 0.00993. The molecule has 19 heavy (non-hydrogen) atoms. The summed E-state index contributed by atoms with van der Waals surface area (Å²) in [4.78, 5) is 10.8. The van der Waals surface area contributed by atoms with Gasteiger partial charge >= 0.3 is 0 Å². The van der Waals surface area contributed by atoms with Crippen molar-refractivity contribution in [1.29, 1.82) is 0 Å². The van der Waals surface area contributed by atoms with E-state index >= 15 is 0 Å². The van der Waals surface area contributed by atoms with Crippen molar-refractivity contribution >= 4 is 6.29 Å². The normalized spacial score (nSPS) is 10.3. The van der Waals surface area contributed by atoms with Gasteiger partial charge in [0, 0.05) is 0 Å². The zero-order valence-corrected chi connectivity index (χ0v) is 10.9. The van der Waals surface area contributed by atoms with Gasteiger partial charge in [-0.1, -0.05) is 24.3 Å². The number of carbonyl (C=O) groups excluding carboxylic acids is 1. The standard InChI is InChI=1S/C16H15FO2/c1-11-6-7-13(8-12(11)2)10-19-16-14(9-18)4-3-5-15(16)17/h3-9H,10H2,1-2H3. The van der Waals surface area contributed by atoms with Gasteiger partial charge in [-0.3, -0.25) is 4.79 Å². The molecule has 0 spiro atoms. The van der Waals surface area contributed by atoms with Crippen molar-refractivity contribution < 1.29 is 13.9 Å². The molecule has 0 aliphatic rings. The van der Waals surface area contributed by atoms with Crippen molar-refractivity contribution in [1.82, 2.24) is 0 Å². The number of aldehydes is 1. The summed E-state index contributed by atoms with van der Waals surface area (Å²) in [7, 11) is 0. The number of para-hydroxylation sites is 1. The number of benzene rings is 2. The second kappa shape index (κ2) is 5.65. The molecule has 2 nitrogen and oxygen atoms in total. The molecular weight excluding hydrogens is 243 g/mol. The van der Waals surface area contributed by atoms with E-state index in [1.165, 1.54) is 23.8 Å². The maximum Gasteiger partial charge on any atom is 0.165 e. The molecule has 0 radical (unpaired) electrons. The molecule has 0 saturated carbocycles. The summed E-state index contributed by atoms with van der Waals surface area (Å²) in [5, 5.41) is 0. The molecule has 0 aliphatic heterocycles. The Balaban J connectivity index is 2.18. The van der Waals surface area contributed by atoms with Crippen LogP contribution in [0.4, 0.5) is 4.39 Å². The Hall–Kier alpha value is -2.16. The topological polar surface area (TPSA) is 26.3 Å². The smallest absolute Gasteiger partial charge is 0.165 e. The third kappa shape index (κ3) is 2.99. The minimum Gasteiger partial charge on any atom is -0.485 e. The molecule has 0 saturated heterocycles. The molecule has 2 rings (SSSR count). The third-order valence-corrected chi connectivity index (χ3v) is 3.08. The SMILES string of the molecule is Cc1ccc(COc2c(F)cccc2C=O)cc1C. The fourth-order valence-corrected chi connectivity index (χ4v) is 1.82. The summed E-state index contributed by atoms with van der Waals surface area (Å²) in [6.07, 6.45) is 0.596. The van der Waals surface area contributed by atoms with Crippen LogP contribution in [-0.2, 0) is 6.61 Å². The molecule has 0 amide bonds. The molecule has 0 aromatic heterocycles. The van der Waals surface area contributed by atoms with Crippen molar-refractivity contribution in [3.63, 3.8) is 0 Å². The number of halogens is 1. The first-order valence-corrected chi connectivity index (χ1v) is 6.04. The number of hydrogen-bond acceptors (Lipinski definition) is 2. The molecule has 0 unspecified atom stereocenters. The van der Waals surface area contributed by atoms with Gasteiger partial charge in [0.1, 0.15) is 6.61 Å². The van der Waals surface area contributed by atoms with Crippen LogP contribution in [0.25, 0.3) is 0 Å². The van der Waals surface area contributed by atoms with Gasteiger partial charge in [-0.05, 0) is 42.7 Å². The zero-order valence-electron chi connectivity index (χ0n) is 10.9. The fraction of sp³-hybridized carbons (Fsp3) is 0.188. The van der Waals surface area contributed by atoms with Crippen molar-refractivity contribution in [2.24, 2.45) is 0 Å². The van der Waals surface area contributed by atoms with E-state index in [9.17, 15) is 9.18 Å². The highest BCUT2D eigenvalue weighted by Crippen LogP contribution is 2.22. The van der Waals surface area contributed by atoms with Crippen LogP contribution in [-0.4, -0.2) is 6.29 Å². The van der Waals surface area contributed by atoms with Crippen LogP contribution in [0.2, 0.25) is 0 Å². The van der Waals surface area contributed by atoms with Crippen LogP contribution in [0.15, 0.2) is 36.4 Å². The third-order valence-electron chi connectivity index (χ3n) is 3.08. The molecular formula is C16H15FO2. The second-order valence-corrected chi connectivity index (χ2v) is 4.48. The zero-order chi connectivity index (χ0) is 13.8. The molecule has 0 heterocycles. The van der Waals surface area contributed by atoms with Gasteiger partial charge in [0.25, 0.3) is 0 Å². The van der Waals surface area contributed by atoms with E-state index in [0.29, 0.717) is 6.29 Å². The average molecular weight is 258 g/mol. The Kier molecular flexibility index (Phi) is 3.95. The van der Waals surface area contributed by atoms with Crippen molar-refractivity contribution in [3.05, 3.63) is 64.5 Å². The Bertz CT molecular complexity index is 606. The summed E-state index contributed by atoms with van der Waals surface area (Å²) >= 11 is 0. The first-order valence-electron chi connectivity index (χ1n) is 6.04. The van der Waals surface area contributed by atoms with Gasteiger partial charge in [0.05, 0.1) is 5.56 Å².